The van der Waals surface area contributed by atoms with Gasteiger partial charge in [0.1, 0.15) is 0 Å². The normalized spacial score (nSPS) is 16.3. The Balaban J connectivity index is 2.55. The zero-order chi connectivity index (χ0) is 9.76. The highest BCUT2D eigenvalue weighted by molar-refractivity contribution is 7.92. The smallest absolute Gasteiger partial charge is 0.208 e. The molecule has 1 aliphatic heterocycles. The molecule has 2 nitrogen and oxygen atoms in total. The molecule has 1 aromatic carbocycles. The molecule has 14 heavy (non-hydrogen) atoms. The summed E-state index contributed by atoms with van der Waals surface area (Å²) in [6.07, 6.45) is 0. The predicted molar refractivity (Wildman–Crippen MR) is 55.2 cm³/mol. The van der Waals surface area contributed by atoms with Crippen molar-refractivity contribution in [2.75, 3.05) is 0 Å². The van der Waals surface area contributed by atoms with Crippen LogP contribution in [0.1, 0.15) is 0 Å². The summed E-state index contributed by atoms with van der Waals surface area (Å²) < 4.78 is 23.9. The first-order valence-electron chi connectivity index (χ1n) is 4.13. The first-order chi connectivity index (χ1) is 6.71. The Labute approximate surface area is 85.7 Å². The molecule has 70 valence electrons. The van der Waals surface area contributed by atoms with Crippen LogP contribution in [0.4, 0.5) is 0 Å². The molecule has 0 fully saturated rings. The first kappa shape index (κ1) is 8.20. The Morgan fingerprint density at radius 3 is 2.64 bits per heavy atom. The Bertz CT molecular complexity index is 609. The van der Waals surface area contributed by atoms with Crippen molar-refractivity contribution in [3.63, 3.8) is 0 Å². The van der Waals surface area contributed by atoms with Crippen molar-refractivity contribution in [2.24, 2.45) is 0 Å². The van der Waals surface area contributed by atoms with E-state index >= 15 is 0 Å². The van der Waals surface area contributed by atoms with Crippen molar-refractivity contribution in [3.05, 3.63) is 35.7 Å². The van der Waals surface area contributed by atoms with Crippen LogP contribution in [0.5, 0.6) is 0 Å². The van der Waals surface area contributed by atoms with E-state index in [4.69, 9.17) is 0 Å². The lowest BCUT2D eigenvalue weighted by Gasteiger charge is -1.96. The fraction of sp³-hybridized carbons (Fsp3) is 0. The maximum absolute atomic E-state index is 11.9. The number of benzene rings is 1. The minimum Gasteiger partial charge on any atom is -0.218 e. The van der Waals surface area contributed by atoms with Crippen molar-refractivity contribution >= 4 is 21.2 Å². The van der Waals surface area contributed by atoms with Crippen molar-refractivity contribution in [1.82, 2.24) is 0 Å². The van der Waals surface area contributed by atoms with Crippen LogP contribution < -0.4 is 0 Å². The van der Waals surface area contributed by atoms with Gasteiger partial charge in [0.25, 0.3) is 0 Å². The highest BCUT2D eigenvalue weighted by Crippen LogP contribution is 2.45. The SMILES string of the molecule is O=S1(=O)c2ccccc2-c2sccc21. The first-order valence-corrected chi connectivity index (χ1v) is 6.49. The molecule has 0 unspecified atom stereocenters. The Kier molecular flexibility index (Phi) is 1.44. The van der Waals surface area contributed by atoms with Crippen molar-refractivity contribution in [3.8, 4) is 10.4 Å². The van der Waals surface area contributed by atoms with Crippen LogP contribution in [0.25, 0.3) is 10.4 Å². The molecule has 0 radical (unpaired) electrons. The lowest BCUT2D eigenvalue weighted by atomic mass is 10.2. The van der Waals surface area contributed by atoms with E-state index in [9.17, 15) is 8.42 Å². The standard InChI is InChI=1S/C10H6O2S2/c11-14(12)8-4-2-1-3-7(8)10-9(14)5-6-13-10/h1-6H. The van der Waals surface area contributed by atoms with E-state index < -0.39 is 9.84 Å². The third-order valence-electron chi connectivity index (χ3n) is 2.34. The van der Waals surface area contributed by atoms with E-state index in [-0.39, 0.29) is 0 Å². The van der Waals surface area contributed by atoms with Crippen molar-refractivity contribution < 1.29 is 8.42 Å². The molecule has 0 atom stereocenters. The highest BCUT2D eigenvalue weighted by atomic mass is 32.2. The molecule has 0 bridgehead atoms. The molecule has 0 N–H and O–H groups in total. The molecule has 3 rings (SSSR count). The lowest BCUT2D eigenvalue weighted by molar-refractivity contribution is 0.599. The van der Waals surface area contributed by atoms with Gasteiger partial charge in [0.05, 0.1) is 14.7 Å². The van der Waals surface area contributed by atoms with Gasteiger partial charge in [-0.2, -0.15) is 0 Å². The zero-order valence-electron chi connectivity index (χ0n) is 7.10. The molecule has 2 heterocycles. The average Bonchev–Trinajstić information content (AvgIpc) is 2.72. The van der Waals surface area contributed by atoms with Crippen LogP contribution >= 0.6 is 11.3 Å². The molecule has 4 heteroatoms. The second-order valence-electron chi connectivity index (χ2n) is 3.11. The van der Waals surface area contributed by atoms with Crippen LogP contribution in [0, 0.1) is 0 Å². The third kappa shape index (κ3) is 0.823. The molecule has 1 aliphatic rings. The average molecular weight is 222 g/mol. The minimum atomic E-state index is -3.21. The molecule has 1 aromatic heterocycles. The topological polar surface area (TPSA) is 34.1 Å². The molecule has 0 saturated carbocycles. The van der Waals surface area contributed by atoms with Crippen LogP contribution in [-0.2, 0) is 9.84 Å². The maximum Gasteiger partial charge on any atom is 0.208 e. The van der Waals surface area contributed by atoms with Gasteiger partial charge < -0.3 is 0 Å². The summed E-state index contributed by atoms with van der Waals surface area (Å²) in [5.41, 5.74) is 0.845. The van der Waals surface area contributed by atoms with Crippen LogP contribution in [-0.4, -0.2) is 8.42 Å². The van der Waals surface area contributed by atoms with Gasteiger partial charge in [-0.15, -0.1) is 11.3 Å². The van der Waals surface area contributed by atoms with Gasteiger partial charge in [-0.05, 0) is 17.5 Å². The van der Waals surface area contributed by atoms with Gasteiger partial charge in [-0.25, -0.2) is 8.42 Å². The molecule has 2 aromatic rings. The van der Waals surface area contributed by atoms with Gasteiger partial charge in [0, 0.05) is 5.56 Å². The largest absolute Gasteiger partial charge is 0.218 e. The van der Waals surface area contributed by atoms with Crippen molar-refractivity contribution in [2.45, 2.75) is 9.79 Å². The minimum absolute atomic E-state index is 0.446. The second kappa shape index (κ2) is 2.46. The van der Waals surface area contributed by atoms with E-state index in [0.29, 0.717) is 9.79 Å². The molecular weight excluding hydrogens is 216 g/mol. The number of thiophene rings is 1. The number of rotatable bonds is 0. The summed E-state index contributed by atoms with van der Waals surface area (Å²) in [7, 11) is -3.21. The van der Waals surface area contributed by atoms with E-state index in [1.807, 2.05) is 17.5 Å². The lowest BCUT2D eigenvalue weighted by Crippen LogP contribution is -1.94. The number of fused-ring (bicyclic) bond motifs is 3. The van der Waals surface area contributed by atoms with Gasteiger partial charge in [-0.3, -0.25) is 0 Å². The van der Waals surface area contributed by atoms with Crippen LogP contribution in [0.2, 0.25) is 0 Å². The summed E-state index contributed by atoms with van der Waals surface area (Å²) >= 11 is 1.48. The quantitative estimate of drug-likeness (QED) is 0.586. The van der Waals surface area contributed by atoms with Gasteiger partial charge in [0.2, 0.25) is 9.84 Å². The van der Waals surface area contributed by atoms with Crippen molar-refractivity contribution in [1.29, 1.82) is 0 Å². The summed E-state index contributed by atoms with van der Waals surface area (Å²) in [6.45, 7) is 0. The summed E-state index contributed by atoms with van der Waals surface area (Å²) in [5, 5.41) is 1.82. The summed E-state index contributed by atoms with van der Waals surface area (Å²) in [4.78, 5) is 1.78. The summed E-state index contributed by atoms with van der Waals surface area (Å²) in [5.74, 6) is 0. The number of hydrogen-bond donors (Lipinski definition) is 0. The monoisotopic (exact) mass is 222 g/mol. The fourth-order valence-corrected chi connectivity index (χ4v) is 4.72. The molecule has 0 spiro atoms. The van der Waals surface area contributed by atoms with Crippen LogP contribution in [0.15, 0.2) is 45.5 Å². The van der Waals surface area contributed by atoms with Gasteiger partial charge >= 0.3 is 0 Å². The van der Waals surface area contributed by atoms with E-state index in [1.165, 1.54) is 11.3 Å². The second-order valence-corrected chi connectivity index (χ2v) is 5.92. The molecular formula is C10H6O2S2. The molecule has 0 amide bonds. The Hall–Kier alpha value is -1.13. The molecule has 0 saturated heterocycles. The predicted octanol–water partition coefficient (Wildman–Crippen LogP) is 2.56. The van der Waals surface area contributed by atoms with Gasteiger partial charge in [0.15, 0.2) is 0 Å². The van der Waals surface area contributed by atoms with E-state index in [0.717, 1.165) is 10.4 Å². The van der Waals surface area contributed by atoms with Gasteiger partial charge in [-0.1, -0.05) is 18.2 Å². The Morgan fingerprint density at radius 2 is 1.79 bits per heavy atom. The fourth-order valence-electron chi connectivity index (χ4n) is 1.71. The van der Waals surface area contributed by atoms with E-state index in [1.54, 1.807) is 18.2 Å². The third-order valence-corrected chi connectivity index (χ3v) is 5.27. The van der Waals surface area contributed by atoms with E-state index in [2.05, 4.69) is 0 Å². The summed E-state index contributed by atoms with van der Waals surface area (Å²) in [6, 6.07) is 8.82. The van der Waals surface area contributed by atoms with Crippen LogP contribution in [0.3, 0.4) is 0 Å². The maximum atomic E-state index is 11.9. The Morgan fingerprint density at radius 1 is 1.00 bits per heavy atom. The number of hydrogen-bond acceptors (Lipinski definition) is 3. The number of sulfone groups is 1. The highest BCUT2D eigenvalue weighted by Gasteiger charge is 2.33. The zero-order valence-corrected chi connectivity index (χ0v) is 8.73. The molecule has 0 aliphatic carbocycles.